The summed E-state index contributed by atoms with van der Waals surface area (Å²) < 4.78 is 5.23. The lowest BCUT2D eigenvalue weighted by Crippen LogP contribution is -2.49. The Balaban J connectivity index is 1.43. The van der Waals surface area contributed by atoms with Gasteiger partial charge in [0.2, 0.25) is 0 Å². The molecule has 2 aliphatic rings. The first-order valence-corrected chi connectivity index (χ1v) is 9.47. The van der Waals surface area contributed by atoms with E-state index in [4.69, 9.17) is 4.42 Å². The highest BCUT2D eigenvalue weighted by Crippen LogP contribution is 2.22. The lowest BCUT2D eigenvalue weighted by Gasteiger charge is -2.36. The molecule has 1 amide bonds. The van der Waals surface area contributed by atoms with Crippen molar-refractivity contribution in [1.82, 2.24) is 19.8 Å². The second-order valence-electron chi connectivity index (χ2n) is 7.18. The number of nitrogens with zero attached hydrogens (tertiary/aromatic N) is 6. The zero-order valence-electron chi connectivity index (χ0n) is 16.0. The third kappa shape index (κ3) is 3.90. The number of aromatic nitrogens is 2. The van der Waals surface area contributed by atoms with Crippen molar-refractivity contribution in [3.8, 4) is 0 Å². The van der Waals surface area contributed by atoms with Crippen molar-refractivity contribution in [3.05, 3.63) is 36.0 Å². The predicted octanol–water partition coefficient (Wildman–Crippen LogP) is 1.09. The van der Waals surface area contributed by atoms with Crippen molar-refractivity contribution in [2.45, 2.75) is 6.92 Å². The lowest BCUT2D eigenvalue weighted by molar-refractivity contribution is 0.0714. The predicted molar refractivity (Wildman–Crippen MR) is 103 cm³/mol. The summed E-state index contributed by atoms with van der Waals surface area (Å²) in [6.45, 7) is 8.84. The zero-order chi connectivity index (χ0) is 18.8. The van der Waals surface area contributed by atoms with E-state index < -0.39 is 0 Å². The number of hydrogen-bond donors (Lipinski definition) is 0. The molecule has 0 unspecified atom stereocenters. The van der Waals surface area contributed by atoms with Crippen LogP contribution in [0.2, 0.25) is 0 Å². The maximum Gasteiger partial charge on any atom is 0.289 e. The summed E-state index contributed by atoms with van der Waals surface area (Å²) in [5, 5.41) is 0. The highest BCUT2D eigenvalue weighted by Gasteiger charge is 2.25. The fourth-order valence-electron chi connectivity index (χ4n) is 3.59. The molecule has 144 valence electrons. The molecule has 0 atom stereocenters. The molecular weight excluding hydrogens is 344 g/mol. The SMILES string of the molecule is Cc1nc(N2CCN(C)CC2)cc(N2CCN(C(=O)c3ccco3)CC2)n1. The number of hydrogen-bond acceptors (Lipinski definition) is 7. The fraction of sp³-hybridized carbons (Fsp3) is 0.526. The summed E-state index contributed by atoms with van der Waals surface area (Å²) in [5.74, 6) is 3.09. The Hall–Kier alpha value is -2.61. The number of carbonyl (C=O) groups excluding carboxylic acids is 1. The molecule has 4 rings (SSSR count). The van der Waals surface area contributed by atoms with Gasteiger partial charge in [0, 0.05) is 58.4 Å². The van der Waals surface area contributed by atoms with E-state index >= 15 is 0 Å². The van der Waals surface area contributed by atoms with Crippen molar-refractivity contribution in [2.24, 2.45) is 0 Å². The van der Waals surface area contributed by atoms with E-state index in [0.717, 1.165) is 56.7 Å². The van der Waals surface area contributed by atoms with Crippen molar-refractivity contribution < 1.29 is 9.21 Å². The summed E-state index contributed by atoms with van der Waals surface area (Å²) >= 11 is 0. The van der Waals surface area contributed by atoms with Crippen LogP contribution >= 0.6 is 0 Å². The third-order valence-electron chi connectivity index (χ3n) is 5.26. The summed E-state index contributed by atoms with van der Waals surface area (Å²) in [6.07, 6.45) is 1.53. The standard InChI is InChI=1S/C19H26N6O2/c1-15-20-17(23-7-5-22(2)6-8-23)14-18(21-15)24-9-11-25(12-10-24)19(26)16-4-3-13-27-16/h3-4,13-14H,5-12H2,1-2H3. The Morgan fingerprint density at radius 1 is 0.963 bits per heavy atom. The number of carbonyl (C=O) groups is 1. The van der Waals surface area contributed by atoms with Crippen molar-refractivity contribution in [3.63, 3.8) is 0 Å². The van der Waals surface area contributed by atoms with Crippen molar-refractivity contribution in [2.75, 3.05) is 69.2 Å². The van der Waals surface area contributed by atoms with E-state index in [-0.39, 0.29) is 5.91 Å². The summed E-state index contributed by atoms with van der Waals surface area (Å²) in [6, 6.07) is 5.54. The van der Waals surface area contributed by atoms with Gasteiger partial charge in [0.1, 0.15) is 17.5 Å². The number of piperazine rings is 2. The van der Waals surface area contributed by atoms with Gasteiger partial charge in [-0.2, -0.15) is 0 Å². The molecule has 8 heteroatoms. The summed E-state index contributed by atoms with van der Waals surface area (Å²) in [4.78, 5) is 30.4. The van der Waals surface area contributed by atoms with E-state index in [2.05, 4.69) is 37.8 Å². The molecule has 0 N–H and O–H groups in total. The largest absolute Gasteiger partial charge is 0.459 e. The quantitative estimate of drug-likeness (QED) is 0.801. The molecule has 0 saturated carbocycles. The molecule has 0 spiro atoms. The molecule has 2 aromatic heterocycles. The van der Waals surface area contributed by atoms with Crippen LogP contribution in [0.25, 0.3) is 0 Å². The molecule has 2 aliphatic heterocycles. The number of furan rings is 1. The van der Waals surface area contributed by atoms with E-state index in [1.807, 2.05) is 11.8 Å². The Kier molecular flexibility index (Phi) is 4.98. The van der Waals surface area contributed by atoms with Gasteiger partial charge in [0.05, 0.1) is 6.26 Å². The first-order chi connectivity index (χ1) is 13.1. The Labute approximate surface area is 159 Å². The van der Waals surface area contributed by atoms with Gasteiger partial charge in [-0.25, -0.2) is 9.97 Å². The van der Waals surface area contributed by atoms with Crippen LogP contribution in [-0.4, -0.2) is 85.1 Å². The Bertz CT molecular complexity index is 778. The highest BCUT2D eigenvalue weighted by molar-refractivity contribution is 5.91. The van der Waals surface area contributed by atoms with Crippen LogP contribution in [0.1, 0.15) is 16.4 Å². The van der Waals surface area contributed by atoms with Gasteiger partial charge in [-0.15, -0.1) is 0 Å². The van der Waals surface area contributed by atoms with Gasteiger partial charge in [0.15, 0.2) is 5.76 Å². The molecule has 8 nitrogen and oxygen atoms in total. The second-order valence-corrected chi connectivity index (χ2v) is 7.18. The topological polar surface area (TPSA) is 69.0 Å². The molecule has 2 saturated heterocycles. The van der Waals surface area contributed by atoms with Crippen LogP contribution in [0.15, 0.2) is 28.9 Å². The number of likely N-dealkylation sites (N-methyl/N-ethyl adjacent to an activating group) is 1. The van der Waals surface area contributed by atoms with Crippen LogP contribution in [-0.2, 0) is 0 Å². The first-order valence-electron chi connectivity index (χ1n) is 9.47. The van der Waals surface area contributed by atoms with E-state index in [1.165, 1.54) is 6.26 Å². The van der Waals surface area contributed by atoms with Gasteiger partial charge in [-0.05, 0) is 26.1 Å². The first kappa shape index (κ1) is 17.8. The Morgan fingerprint density at radius 3 is 2.11 bits per heavy atom. The van der Waals surface area contributed by atoms with E-state index in [0.29, 0.717) is 18.8 Å². The number of anilines is 2. The monoisotopic (exact) mass is 370 g/mol. The molecule has 2 fully saturated rings. The van der Waals surface area contributed by atoms with E-state index in [9.17, 15) is 4.79 Å². The maximum absolute atomic E-state index is 12.4. The minimum Gasteiger partial charge on any atom is -0.459 e. The number of rotatable bonds is 3. The number of amides is 1. The highest BCUT2D eigenvalue weighted by atomic mass is 16.3. The van der Waals surface area contributed by atoms with Crippen molar-refractivity contribution in [1.29, 1.82) is 0 Å². The van der Waals surface area contributed by atoms with Gasteiger partial charge >= 0.3 is 0 Å². The number of aryl methyl sites for hydroxylation is 1. The van der Waals surface area contributed by atoms with Crippen molar-refractivity contribution >= 4 is 17.5 Å². The van der Waals surface area contributed by atoms with Gasteiger partial charge in [0.25, 0.3) is 5.91 Å². The molecule has 0 aliphatic carbocycles. The zero-order valence-corrected chi connectivity index (χ0v) is 16.0. The van der Waals surface area contributed by atoms with Crippen LogP contribution in [0.4, 0.5) is 11.6 Å². The average Bonchev–Trinajstić information content (AvgIpc) is 3.22. The molecule has 27 heavy (non-hydrogen) atoms. The maximum atomic E-state index is 12.4. The normalized spacial score (nSPS) is 18.8. The van der Waals surface area contributed by atoms with Crippen LogP contribution in [0.3, 0.4) is 0 Å². The molecule has 0 bridgehead atoms. The second kappa shape index (κ2) is 7.56. The third-order valence-corrected chi connectivity index (χ3v) is 5.26. The minimum absolute atomic E-state index is 0.0448. The molecule has 2 aromatic rings. The average molecular weight is 370 g/mol. The van der Waals surface area contributed by atoms with Gasteiger partial charge in [-0.3, -0.25) is 4.79 Å². The summed E-state index contributed by atoms with van der Waals surface area (Å²) in [7, 11) is 2.15. The smallest absolute Gasteiger partial charge is 0.289 e. The summed E-state index contributed by atoms with van der Waals surface area (Å²) in [5.41, 5.74) is 0. The van der Waals surface area contributed by atoms with Gasteiger partial charge < -0.3 is 24.0 Å². The lowest BCUT2D eigenvalue weighted by atomic mass is 10.2. The van der Waals surface area contributed by atoms with Crippen LogP contribution < -0.4 is 9.80 Å². The minimum atomic E-state index is -0.0448. The van der Waals surface area contributed by atoms with Gasteiger partial charge in [-0.1, -0.05) is 0 Å². The van der Waals surface area contributed by atoms with E-state index in [1.54, 1.807) is 12.1 Å². The fourth-order valence-corrected chi connectivity index (χ4v) is 3.59. The molecule has 0 radical (unpaired) electrons. The van der Waals surface area contributed by atoms with Crippen LogP contribution in [0, 0.1) is 6.92 Å². The Morgan fingerprint density at radius 2 is 1.56 bits per heavy atom. The molecule has 0 aromatic carbocycles. The molecular formula is C19H26N6O2. The molecule has 4 heterocycles. The van der Waals surface area contributed by atoms with Crippen LogP contribution in [0.5, 0.6) is 0 Å².